The van der Waals surface area contributed by atoms with E-state index in [1.54, 1.807) is 19.5 Å². The molecule has 0 spiro atoms. The van der Waals surface area contributed by atoms with Crippen molar-refractivity contribution >= 4 is 11.0 Å². The molecule has 5 heteroatoms. The maximum absolute atomic E-state index is 5.18. The number of nitrogens with zero attached hydrogens (tertiary/aromatic N) is 3. The molecule has 1 N–H and O–H groups in total. The minimum absolute atomic E-state index is 0.786. The number of nitrogens with one attached hydrogen (secondary N) is 1. The van der Waals surface area contributed by atoms with Crippen LogP contribution in [0.5, 0.6) is 5.75 Å². The normalized spacial score (nSPS) is 10.6. The van der Waals surface area contributed by atoms with Crippen LogP contribution < -0.4 is 4.74 Å². The van der Waals surface area contributed by atoms with E-state index >= 15 is 0 Å². The van der Waals surface area contributed by atoms with Crippen LogP contribution in [0.15, 0.2) is 36.7 Å². The minimum Gasteiger partial charge on any atom is -0.497 e. The molecule has 0 bridgehead atoms. The van der Waals surface area contributed by atoms with Gasteiger partial charge in [0.15, 0.2) is 0 Å². The van der Waals surface area contributed by atoms with Crippen molar-refractivity contribution in [1.82, 2.24) is 20.2 Å². The highest BCUT2D eigenvalue weighted by molar-refractivity contribution is 5.77. The van der Waals surface area contributed by atoms with E-state index in [9.17, 15) is 0 Å². The van der Waals surface area contributed by atoms with E-state index in [-0.39, 0.29) is 0 Å². The number of fused-ring (bicyclic) bond motifs is 1. The summed E-state index contributed by atoms with van der Waals surface area (Å²) >= 11 is 0. The second-order valence-corrected chi connectivity index (χ2v) is 3.61. The van der Waals surface area contributed by atoms with E-state index in [1.807, 2.05) is 24.3 Å². The number of ether oxygens (including phenoxy) is 1. The SMILES string of the molecule is COc1cccc(-c2nc3cnncc3[nH]2)c1. The van der Waals surface area contributed by atoms with Crippen molar-refractivity contribution in [3.8, 4) is 17.1 Å². The Morgan fingerprint density at radius 3 is 2.88 bits per heavy atom. The highest BCUT2D eigenvalue weighted by atomic mass is 16.5. The van der Waals surface area contributed by atoms with Crippen molar-refractivity contribution in [2.45, 2.75) is 0 Å². The first kappa shape index (κ1) is 9.77. The molecule has 5 nitrogen and oxygen atoms in total. The fraction of sp³-hybridized carbons (Fsp3) is 0.0833. The Balaban J connectivity index is 2.13. The fourth-order valence-electron chi connectivity index (χ4n) is 1.68. The van der Waals surface area contributed by atoms with Crippen molar-refractivity contribution in [3.63, 3.8) is 0 Å². The predicted octanol–water partition coefficient (Wildman–Crippen LogP) is 2.03. The highest BCUT2D eigenvalue weighted by Crippen LogP contribution is 2.23. The van der Waals surface area contributed by atoms with Crippen molar-refractivity contribution in [2.24, 2.45) is 0 Å². The van der Waals surface area contributed by atoms with Crippen molar-refractivity contribution in [1.29, 1.82) is 0 Å². The molecule has 3 aromatic rings. The molecule has 0 aliphatic rings. The summed E-state index contributed by atoms with van der Waals surface area (Å²) in [5.74, 6) is 1.59. The largest absolute Gasteiger partial charge is 0.497 e. The summed E-state index contributed by atoms with van der Waals surface area (Å²) in [5, 5.41) is 7.60. The molecule has 0 atom stereocenters. The van der Waals surface area contributed by atoms with Gasteiger partial charge in [0.2, 0.25) is 0 Å². The predicted molar refractivity (Wildman–Crippen MR) is 63.7 cm³/mol. The number of hydrogen-bond acceptors (Lipinski definition) is 4. The molecule has 0 saturated heterocycles. The molecule has 3 rings (SSSR count). The smallest absolute Gasteiger partial charge is 0.138 e. The molecule has 0 amide bonds. The molecule has 0 radical (unpaired) electrons. The number of rotatable bonds is 2. The number of methoxy groups -OCH3 is 1. The lowest BCUT2D eigenvalue weighted by Crippen LogP contribution is -1.84. The van der Waals surface area contributed by atoms with E-state index in [0.717, 1.165) is 28.2 Å². The van der Waals surface area contributed by atoms with Crippen LogP contribution in [-0.2, 0) is 0 Å². The lowest BCUT2D eigenvalue weighted by Gasteiger charge is -2.01. The third kappa shape index (κ3) is 1.71. The van der Waals surface area contributed by atoms with Gasteiger partial charge in [0.25, 0.3) is 0 Å². The zero-order chi connectivity index (χ0) is 11.7. The maximum Gasteiger partial charge on any atom is 0.138 e. The third-order valence-corrected chi connectivity index (χ3v) is 2.54. The summed E-state index contributed by atoms with van der Waals surface area (Å²) in [5.41, 5.74) is 2.65. The molecule has 2 aromatic heterocycles. The number of aromatic amines is 1. The van der Waals surface area contributed by atoms with Crippen LogP contribution in [0.3, 0.4) is 0 Å². The molecule has 84 valence electrons. The number of H-pyrrole nitrogens is 1. The summed E-state index contributed by atoms with van der Waals surface area (Å²) in [4.78, 5) is 7.64. The molecular formula is C12H10N4O. The Morgan fingerprint density at radius 1 is 1.18 bits per heavy atom. The van der Waals surface area contributed by atoms with Gasteiger partial charge in [-0.2, -0.15) is 10.2 Å². The van der Waals surface area contributed by atoms with Gasteiger partial charge in [-0.15, -0.1) is 0 Å². The van der Waals surface area contributed by atoms with Gasteiger partial charge in [-0.05, 0) is 12.1 Å². The Morgan fingerprint density at radius 2 is 2.06 bits per heavy atom. The van der Waals surface area contributed by atoms with E-state index in [2.05, 4.69) is 20.2 Å². The van der Waals surface area contributed by atoms with E-state index in [4.69, 9.17) is 4.74 Å². The second-order valence-electron chi connectivity index (χ2n) is 3.61. The molecule has 17 heavy (non-hydrogen) atoms. The Labute approximate surface area is 97.5 Å². The van der Waals surface area contributed by atoms with E-state index in [1.165, 1.54) is 0 Å². The third-order valence-electron chi connectivity index (χ3n) is 2.54. The summed E-state index contributed by atoms with van der Waals surface area (Å²) in [6, 6.07) is 7.73. The van der Waals surface area contributed by atoms with Crippen molar-refractivity contribution in [3.05, 3.63) is 36.7 Å². The summed E-state index contributed by atoms with van der Waals surface area (Å²) in [6.07, 6.45) is 3.29. The first-order chi connectivity index (χ1) is 8.36. The number of hydrogen-bond donors (Lipinski definition) is 1. The van der Waals surface area contributed by atoms with Gasteiger partial charge in [-0.1, -0.05) is 12.1 Å². The Kier molecular flexibility index (Phi) is 2.22. The Bertz CT molecular complexity index is 629. The van der Waals surface area contributed by atoms with Gasteiger partial charge in [0.05, 0.1) is 25.0 Å². The molecule has 0 aliphatic carbocycles. The quantitative estimate of drug-likeness (QED) is 0.726. The molecule has 0 saturated carbocycles. The van der Waals surface area contributed by atoms with Gasteiger partial charge in [0, 0.05) is 5.56 Å². The average molecular weight is 226 g/mol. The van der Waals surface area contributed by atoms with Crippen LogP contribution in [-0.4, -0.2) is 27.3 Å². The first-order valence-corrected chi connectivity index (χ1v) is 5.17. The lowest BCUT2D eigenvalue weighted by atomic mass is 10.2. The van der Waals surface area contributed by atoms with Crippen molar-refractivity contribution < 1.29 is 4.74 Å². The average Bonchev–Trinajstić information content (AvgIpc) is 2.82. The van der Waals surface area contributed by atoms with Crippen LogP contribution >= 0.6 is 0 Å². The summed E-state index contributed by atoms with van der Waals surface area (Å²) in [7, 11) is 1.64. The zero-order valence-corrected chi connectivity index (χ0v) is 9.21. The molecule has 2 heterocycles. The van der Waals surface area contributed by atoms with Crippen LogP contribution in [0, 0.1) is 0 Å². The van der Waals surface area contributed by atoms with Gasteiger partial charge in [-0.25, -0.2) is 4.98 Å². The molecule has 1 aromatic carbocycles. The fourth-order valence-corrected chi connectivity index (χ4v) is 1.68. The second kappa shape index (κ2) is 3.86. The van der Waals surface area contributed by atoms with E-state index in [0.29, 0.717) is 0 Å². The highest BCUT2D eigenvalue weighted by Gasteiger charge is 2.05. The van der Waals surface area contributed by atoms with Gasteiger partial charge < -0.3 is 9.72 Å². The monoisotopic (exact) mass is 226 g/mol. The van der Waals surface area contributed by atoms with Crippen LogP contribution in [0.2, 0.25) is 0 Å². The van der Waals surface area contributed by atoms with Gasteiger partial charge in [-0.3, -0.25) is 0 Å². The molecule has 0 aliphatic heterocycles. The van der Waals surface area contributed by atoms with Crippen LogP contribution in [0.25, 0.3) is 22.4 Å². The summed E-state index contributed by atoms with van der Waals surface area (Å²) in [6.45, 7) is 0. The van der Waals surface area contributed by atoms with Crippen molar-refractivity contribution in [2.75, 3.05) is 7.11 Å². The summed E-state index contributed by atoms with van der Waals surface area (Å²) < 4.78 is 5.18. The Hall–Kier alpha value is -2.43. The molecule has 0 unspecified atom stereocenters. The zero-order valence-electron chi connectivity index (χ0n) is 9.21. The van der Waals surface area contributed by atoms with Crippen LogP contribution in [0.4, 0.5) is 0 Å². The first-order valence-electron chi connectivity index (χ1n) is 5.17. The number of benzene rings is 1. The number of aromatic nitrogens is 4. The minimum atomic E-state index is 0.786. The van der Waals surface area contributed by atoms with E-state index < -0.39 is 0 Å². The molecule has 0 fully saturated rings. The van der Waals surface area contributed by atoms with Gasteiger partial charge in [0.1, 0.15) is 17.1 Å². The standard InChI is InChI=1S/C12H10N4O/c1-17-9-4-2-3-8(5-9)12-15-10-6-13-14-7-11(10)16-12/h2-7H,1H3,(H,15,16). The van der Waals surface area contributed by atoms with Gasteiger partial charge >= 0.3 is 0 Å². The topological polar surface area (TPSA) is 63.7 Å². The van der Waals surface area contributed by atoms with Crippen LogP contribution in [0.1, 0.15) is 0 Å². The maximum atomic E-state index is 5.18. The number of imidazole rings is 1. The lowest BCUT2D eigenvalue weighted by molar-refractivity contribution is 0.415. The molecular weight excluding hydrogens is 216 g/mol.